The van der Waals surface area contributed by atoms with Crippen LogP contribution in [-0.4, -0.2) is 14.4 Å². The van der Waals surface area contributed by atoms with Gasteiger partial charge in [-0.1, -0.05) is 33.8 Å². The van der Waals surface area contributed by atoms with Crippen LogP contribution in [0.25, 0.3) is 0 Å². The van der Waals surface area contributed by atoms with Gasteiger partial charge in [-0.05, 0) is 31.0 Å². The minimum atomic E-state index is -1.67. The molecule has 0 saturated heterocycles. The zero-order valence-corrected chi connectivity index (χ0v) is 12.5. The molecule has 0 aromatic rings. The van der Waals surface area contributed by atoms with E-state index in [1.807, 2.05) is 12.1 Å². The first kappa shape index (κ1) is 15.4. The maximum atomic E-state index is 8.44. The van der Waals surface area contributed by atoms with Gasteiger partial charge in [0.15, 0.2) is 8.32 Å². The molecule has 0 N–H and O–H groups in total. The summed E-state index contributed by atoms with van der Waals surface area (Å²) in [6, 6.07) is 2.02. The smallest absolute Gasteiger partial charge is 0.192 e. The van der Waals surface area contributed by atoms with E-state index in [-0.39, 0.29) is 11.1 Å². The number of hydrogen-bond donors (Lipinski definition) is 0. The Kier molecular flexibility index (Phi) is 5.99. The summed E-state index contributed by atoms with van der Waals surface area (Å²) in [5.41, 5.74) is 0. The number of rotatable bonds is 5. The second-order valence-corrected chi connectivity index (χ2v) is 10.4. The third-order valence-corrected chi connectivity index (χ3v) is 7.85. The molecule has 16 heavy (non-hydrogen) atoms. The molecule has 0 heterocycles. The van der Waals surface area contributed by atoms with Crippen LogP contribution in [0.15, 0.2) is 12.2 Å². The molecule has 0 bridgehead atoms. The van der Waals surface area contributed by atoms with Crippen LogP contribution in [0.1, 0.15) is 40.5 Å². The number of allylic oxidation sites excluding steroid dienone is 1. The lowest BCUT2D eigenvalue weighted by atomic mass is 10.2. The average Bonchev–Trinajstić information content (AvgIpc) is 2.14. The fourth-order valence-corrected chi connectivity index (χ4v) is 2.61. The minimum Gasteiger partial charge on any atom is -0.414 e. The lowest BCUT2D eigenvalue weighted by Gasteiger charge is -2.39. The van der Waals surface area contributed by atoms with Crippen molar-refractivity contribution in [3.63, 3.8) is 0 Å². The Morgan fingerprint density at radius 1 is 1.38 bits per heavy atom. The number of nitriles is 1. The fourth-order valence-electron chi connectivity index (χ4n) is 1.16. The maximum absolute atomic E-state index is 8.44. The predicted octanol–water partition coefficient (Wildman–Crippen LogP) is 4.26. The molecule has 92 valence electrons. The van der Waals surface area contributed by atoms with E-state index in [0.29, 0.717) is 0 Å². The van der Waals surface area contributed by atoms with E-state index in [1.54, 1.807) is 0 Å². The molecular formula is C13H25NOSi. The Bertz CT molecular complexity index is 271. The van der Waals surface area contributed by atoms with Gasteiger partial charge in [-0.15, -0.1) is 0 Å². The lowest BCUT2D eigenvalue weighted by Crippen LogP contribution is -2.43. The second kappa shape index (κ2) is 6.22. The monoisotopic (exact) mass is 239 g/mol. The van der Waals surface area contributed by atoms with Gasteiger partial charge in [0.2, 0.25) is 0 Å². The largest absolute Gasteiger partial charge is 0.414 e. The molecular weight excluding hydrogens is 214 g/mol. The van der Waals surface area contributed by atoms with E-state index >= 15 is 0 Å². The molecule has 2 nitrogen and oxygen atoms in total. The summed E-state index contributed by atoms with van der Waals surface area (Å²) in [5, 5.41) is 8.69. The highest BCUT2D eigenvalue weighted by Gasteiger charge is 2.38. The fraction of sp³-hybridized carbons (Fsp3) is 0.769. The molecule has 0 aliphatic rings. The van der Waals surface area contributed by atoms with Crippen LogP contribution < -0.4 is 0 Å². The topological polar surface area (TPSA) is 33.0 Å². The maximum Gasteiger partial charge on any atom is 0.192 e. The van der Waals surface area contributed by atoms with Crippen LogP contribution in [0.4, 0.5) is 0 Å². The normalized spacial score (nSPS) is 15.1. The molecule has 0 aromatic heterocycles. The molecule has 0 rings (SSSR count). The van der Waals surface area contributed by atoms with Gasteiger partial charge >= 0.3 is 0 Å². The van der Waals surface area contributed by atoms with Crippen molar-refractivity contribution in [3.05, 3.63) is 12.2 Å². The van der Waals surface area contributed by atoms with Crippen molar-refractivity contribution in [2.24, 2.45) is 0 Å². The Labute approximate surface area is 101 Å². The minimum absolute atomic E-state index is 0.249. The molecule has 0 unspecified atom stereocenters. The van der Waals surface area contributed by atoms with E-state index in [0.717, 1.165) is 12.8 Å². The first-order chi connectivity index (χ1) is 7.24. The van der Waals surface area contributed by atoms with E-state index in [2.05, 4.69) is 40.8 Å². The molecule has 1 atom stereocenters. The first-order valence-electron chi connectivity index (χ1n) is 5.97. The predicted molar refractivity (Wildman–Crippen MR) is 71.7 cm³/mol. The van der Waals surface area contributed by atoms with E-state index < -0.39 is 8.32 Å². The van der Waals surface area contributed by atoms with Crippen LogP contribution in [0, 0.1) is 11.3 Å². The summed E-state index contributed by atoms with van der Waals surface area (Å²) in [5.74, 6) is 0. The Morgan fingerprint density at radius 2 is 1.94 bits per heavy atom. The Balaban J connectivity index is 4.44. The third-order valence-electron chi connectivity index (χ3n) is 3.31. The number of nitrogens with zero attached hydrogens (tertiary/aromatic N) is 1. The van der Waals surface area contributed by atoms with Crippen LogP contribution in [0.5, 0.6) is 0 Å². The highest BCUT2D eigenvalue weighted by Crippen LogP contribution is 2.37. The molecule has 0 aliphatic heterocycles. The SMILES string of the molecule is CC[C@H](C/C=C/C#N)O[Si](C)(C)C(C)(C)C. The van der Waals surface area contributed by atoms with E-state index in [9.17, 15) is 0 Å². The van der Waals surface area contributed by atoms with Crippen molar-refractivity contribution >= 4 is 8.32 Å². The van der Waals surface area contributed by atoms with Crippen LogP contribution >= 0.6 is 0 Å². The second-order valence-electron chi connectivity index (χ2n) is 5.68. The molecule has 0 saturated carbocycles. The molecule has 0 aromatic carbocycles. The van der Waals surface area contributed by atoms with Gasteiger partial charge in [0, 0.05) is 12.2 Å². The molecule has 3 heteroatoms. The van der Waals surface area contributed by atoms with E-state index in [1.165, 1.54) is 6.08 Å². The number of hydrogen-bond acceptors (Lipinski definition) is 2. The summed E-state index contributed by atoms with van der Waals surface area (Å²) >= 11 is 0. The quantitative estimate of drug-likeness (QED) is 0.530. The van der Waals surface area contributed by atoms with Gasteiger partial charge in [0.25, 0.3) is 0 Å². The third kappa shape index (κ3) is 4.96. The van der Waals surface area contributed by atoms with Gasteiger partial charge in [-0.3, -0.25) is 0 Å². The van der Waals surface area contributed by atoms with Crippen LogP contribution in [0.3, 0.4) is 0 Å². The van der Waals surface area contributed by atoms with Gasteiger partial charge in [0.05, 0.1) is 6.07 Å². The van der Waals surface area contributed by atoms with Gasteiger partial charge in [-0.25, -0.2) is 0 Å². The zero-order valence-electron chi connectivity index (χ0n) is 11.5. The standard InChI is InChI=1S/C13H25NOSi/c1-7-12(10-8-9-11-14)15-16(5,6)13(2,3)4/h8-9,12H,7,10H2,1-6H3/b9-8+/t12-/m1/s1. The average molecular weight is 239 g/mol. The summed E-state index contributed by atoms with van der Waals surface area (Å²) in [7, 11) is -1.67. The van der Waals surface area contributed by atoms with E-state index in [4.69, 9.17) is 9.69 Å². The summed E-state index contributed by atoms with van der Waals surface area (Å²) in [6.45, 7) is 13.4. The molecule has 0 fully saturated rings. The van der Waals surface area contributed by atoms with Crippen molar-refractivity contribution in [1.29, 1.82) is 5.26 Å². The van der Waals surface area contributed by atoms with Crippen molar-refractivity contribution in [2.45, 2.75) is 64.8 Å². The van der Waals surface area contributed by atoms with Gasteiger partial charge < -0.3 is 4.43 Å². The van der Waals surface area contributed by atoms with Crippen LogP contribution in [0.2, 0.25) is 18.1 Å². The summed E-state index contributed by atoms with van der Waals surface area (Å²) in [4.78, 5) is 0. The lowest BCUT2D eigenvalue weighted by molar-refractivity contribution is 0.179. The highest BCUT2D eigenvalue weighted by molar-refractivity contribution is 6.74. The molecule has 0 amide bonds. The van der Waals surface area contributed by atoms with Gasteiger partial charge in [-0.2, -0.15) is 5.26 Å². The molecule has 0 aliphatic carbocycles. The Hall–Kier alpha value is -0.593. The molecule has 0 spiro atoms. The summed E-state index contributed by atoms with van der Waals surface area (Å²) in [6.07, 6.45) is 5.54. The first-order valence-corrected chi connectivity index (χ1v) is 8.88. The van der Waals surface area contributed by atoms with Crippen molar-refractivity contribution in [1.82, 2.24) is 0 Å². The van der Waals surface area contributed by atoms with Crippen LogP contribution in [-0.2, 0) is 4.43 Å². The van der Waals surface area contributed by atoms with Gasteiger partial charge in [0.1, 0.15) is 0 Å². The van der Waals surface area contributed by atoms with Crippen molar-refractivity contribution in [3.8, 4) is 6.07 Å². The van der Waals surface area contributed by atoms with Crippen molar-refractivity contribution in [2.75, 3.05) is 0 Å². The highest BCUT2D eigenvalue weighted by atomic mass is 28.4. The zero-order chi connectivity index (χ0) is 12.8. The summed E-state index contributed by atoms with van der Waals surface area (Å²) < 4.78 is 6.28. The molecule has 0 radical (unpaired) electrons. The Morgan fingerprint density at radius 3 is 2.31 bits per heavy atom. The van der Waals surface area contributed by atoms with Crippen molar-refractivity contribution < 1.29 is 4.43 Å².